The van der Waals surface area contributed by atoms with E-state index in [1.54, 1.807) is 36.4 Å². The summed E-state index contributed by atoms with van der Waals surface area (Å²) >= 11 is 0. The van der Waals surface area contributed by atoms with E-state index < -0.39 is 0 Å². The zero-order valence-electron chi connectivity index (χ0n) is 16.1. The van der Waals surface area contributed by atoms with Crippen LogP contribution in [0.25, 0.3) is 0 Å². The van der Waals surface area contributed by atoms with E-state index in [0.717, 1.165) is 25.7 Å². The number of nitrogens with one attached hydrogen (secondary N) is 2. The van der Waals surface area contributed by atoms with Crippen LogP contribution in [0.2, 0.25) is 0 Å². The van der Waals surface area contributed by atoms with E-state index >= 15 is 0 Å². The van der Waals surface area contributed by atoms with Crippen molar-refractivity contribution in [3.05, 3.63) is 54.1 Å². The molecule has 1 saturated carbocycles. The fraction of sp³-hybridized carbons (Fsp3) is 0.364. The third-order valence-corrected chi connectivity index (χ3v) is 4.64. The van der Waals surface area contributed by atoms with Gasteiger partial charge >= 0.3 is 0 Å². The molecule has 28 heavy (non-hydrogen) atoms. The minimum atomic E-state index is -0.321. The molecule has 0 saturated heterocycles. The molecule has 0 unspecified atom stereocenters. The maximum absolute atomic E-state index is 12.6. The largest absolute Gasteiger partial charge is 0.492 e. The van der Waals surface area contributed by atoms with E-state index in [2.05, 4.69) is 10.6 Å². The summed E-state index contributed by atoms with van der Waals surface area (Å²) in [5.74, 6) is 0.517. The Morgan fingerprint density at radius 3 is 2.39 bits per heavy atom. The number of ether oxygens (including phenoxy) is 2. The zero-order valence-corrected chi connectivity index (χ0v) is 16.1. The molecule has 1 aliphatic carbocycles. The highest BCUT2D eigenvalue weighted by Crippen LogP contribution is 2.24. The van der Waals surface area contributed by atoms with Crippen molar-refractivity contribution < 1.29 is 19.1 Å². The van der Waals surface area contributed by atoms with Crippen molar-refractivity contribution in [1.82, 2.24) is 5.32 Å². The molecule has 6 nitrogen and oxygen atoms in total. The zero-order chi connectivity index (χ0) is 19.8. The van der Waals surface area contributed by atoms with Gasteiger partial charge < -0.3 is 20.1 Å². The summed E-state index contributed by atoms with van der Waals surface area (Å²) in [5.41, 5.74) is 1.03. The fourth-order valence-corrected chi connectivity index (χ4v) is 3.29. The fourth-order valence-electron chi connectivity index (χ4n) is 3.29. The van der Waals surface area contributed by atoms with E-state index in [-0.39, 0.29) is 24.5 Å². The molecule has 0 bridgehead atoms. The molecule has 1 aliphatic rings. The van der Waals surface area contributed by atoms with Gasteiger partial charge in [-0.1, -0.05) is 37.1 Å². The number of anilines is 1. The maximum atomic E-state index is 12.6. The van der Waals surface area contributed by atoms with Gasteiger partial charge in [0.1, 0.15) is 11.5 Å². The summed E-state index contributed by atoms with van der Waals surface area (Å²) in [7, 11) is 0. The highest BCUT2D eigenvalue weighted by atomic mass is 16.5. The van der Waals surface area contributed by atoms with Crippen LogP contribution in [0.3, 0.4) is 0 Å². The lowest BCUT2D eigenvalue weighted by Gasteiger charge is -2.15. The van der Waals surface area contributed by atoms with Gasteiger partial charge in [-0.2, -0.15) is 0 Å². The molecular weight excluding hydrogens is 356 g/mol. The number of amides is 2. The van der Waals surface area contributed by atoms with Crippen LogP contribution in [0.4, 0.5) is 5.69 Å². The standard InChI is InChI=1S/C22H26N2O4/c1-2-27-20-14-8-6-12-18(20)24-21(25)15-28-19-13-7-5-11-17(19)22(26)23-16-9-3-4-10-16/h5-8,11-14,16H,2-4,9-10,15H2,1H3,(H,23,26)(H,24,25). The summed E-state index contributed by atoms with van der Waals surface area (Å²) in [5, 5.41) is 5.83. The molecule has 0 radical (unpaired) electrons. The Bertz CT molecular complexity index is 816. The number of carbonyl (C=O) groups is 2. The third kappa shape index (κ3) is 5.25. The lowest BCUT2D eigenvalue weighted by Crippen LogP contribution is -2.33. The van der Waals surface area contributed by atoms with E-state index in [4.69, 9.17) is 9.47 Å². The molecule has 148 valence electrons. The van der Waals surface area contributed by atoms with Crippen molar-refractivity contribution in [3.8, 4) is 11.5 Å². The van der Waals surface area contributed by atoms with Crippen molar-refractivity contribution in [1.29, 1.82) is 0 Å². The summed E-state index contributed by atoms with van der Waals surface area (Å²) < 4.78 is 11.1. The minimum Gasteiger partial charge on any atom is -0.492 e. The van der Waals surface area contributed by atoms with Gasteiger partial charge in [-0.3, -0.25) is 9.59 Å². The second-order valence-corrected chi connectivity index (χ2v) is 6.72. The Hall–Kier alpha value is -3.02. The number of hydrogen-bond donors (Lipinski definition) is 2. The monoisotopic (exact) mass is 382 g/mol. The van der Waals surface area contributed by atoms with Crippen LogP contribution in [-0.2, 0) is 4.79 Å². The molecule has 1 fully saturated rings. The van der Waals surface area contributed by atoms with Crippen molar-refractivity contribution in [2.75, 3.05) is 18.5 Å². The van der Waals surface area contributed by atoms with Crippen LogP contribution in [0.1, 0.15) is 43.0 Å². The van der Waals surface area contributed by atoms with E-state index in [0.29, 0.717) is 29.4 Å². The number of carbonyl (C=O) groups excluding carboxylic acids is 2. The van der Waals surface area contributed by atoms with Crippen LogP contribution >= 0.6 is 0 Å². The van der Waals surface area contributed by atoms with Crippen molar-refractivity contribution in [2.24, 2.45) is 0 Å². The Balaban J connectivity index is 1.60. The van der Waals surface area contributed by atoms with Crippen LogP contribution in [0, 0.1) is 0 Å². The Morgan fingerprint density at radius 1 is 0.964 bits per heavy atom. The molecule has 2 amide bonds. The van der Waals surface area contributed by atoms with Gasteiger partial charge in [0.15, 0.2) is 6.61 Å². The highest BCUT2D eigenvalue weighted by molar-refractivity contribution is 5.97. The second-order valence-electron chi connectivity index (χ2n) is 6.72. The molecular formula is C22H26N2O4. The Kier molecular flexibility index (Phi) is 6.89. The smallest absolute Gasteiger partial charge is 0.262 e. The molecule has 3 rings (SSSR count). The Morgan fingerprint density at radius 2 is 1.64 bits per heavy atom. The van der Waals surface area contributed by atoms with Crippen molar-refractivity contribution in [2.45, 2.75) is 38.6 Å². The predicted octanol–water partition coefficient (Wildman–Crippen LogP) is 3.78. The van der Waals surface area contributed by atoms with Crippen LogP contribution in [-0.4, -0.2) is 31.1 Å². The molecule has 0 aliphatic heterocycles. The van der Waals surface area contributed by atoms with Gasteiger partial charge in [-0.25, -0.2) is 0 Å². The van der Waals surface area contributed by atoms with Crippen molar-refractivity contribution >= 4 is 17.5 Å². The van der Waals surface area contributed by atoms with Crippen LogP contribution < -0.4 is 20.1 Å². The maximum Gasteiger partial charge on any atom is 0.262 e. The molecule has 2 aromatic carbocycles. The molecule has 0 heterocycles. The molecule has 0 aromatic heterocycles. The first kappa shape index (κ1) is 19.7. The first-order valence-electron chi connectivity index (χ1n) is 9.71. The number of benzene rings is 2. The van der Waals surface area contributed by atoms with E-state index in [9.17, 15) is 9.59 Å². The first-order chi connectivity index (χ1) is 13.7. The quantitative estimate of drug-likeness (QED) is 0.729. The number of para-hydroxylation sites is 3. The highest BCUT2D eigenvalue weighted by Gasteiger charge is 2.20. The Labute approximate surface area is 165 Å². The normalized spacial score (nSPS) is 13.8. The lowest BCUT2D eigenvalue weighted by atomic mass is 10.1. The summed E-state index contributed by atoms with van der Waals surface area (Å²) in [4.78, 5) is 24.9. The lowest BCUT2D eigenvalue weighted by molar-refractivity contribution is -0.118. The van der Waals surface area contributed by atoms with Crippen molar-refractivity contribution in [3.63, 3.8) is 0 Å². The predicted molar refractivity (Wildman–Crippen MR) is 108 cm³/mol. The average molecular weight is 382 g/mol. The van der Waals surface area contributed by atoms with Crippen LogP contribution in [0.15, 0.2) is 48.5 Å². The molecule has 2 aromatic rings. The van der Waals surface area contributed by atoms with E-state index in [1.165, 1.54) is 0 Å². The molecule has 2 N–H and O–H groups in total. The van der Waals surface area contributed by atoms with Crippen LogP contribution in [0.5, 0.6) is 11.5 Å². The molecule has 6 heteroatoms. The van der Waals surface area contributed by atoms with Gasteiger partial charge in [0.05, 0.1) is 17.9 Å². The molecule has 0 spiro atoms. The molecule has 0 atom stereocenters. The summed E-state index contributed by atoms with van der Waals surface area (Å²) in [6, 6.07) is 14.4. The number of rotatable bonds is 8. The SMILES string of the molecule is CCOc1ccccc1NC(=O)COc1ccccc1C(=O)NC1CCCC1. The topological polar surface area (TPSA) is 76.7 Å². The van der Waals surface area contributed by atoms with Gasteiger partial charge in [0, 0.05) is 6.04 Å². The summed E-state index contributed by atoms with van der Waals surface area (Å²) in [6.07, 6.45) is 4.31. The van der Waals surface area contributed by atoms with Gasteiger partial charge in [-0.05, 0) is 44.0 Å². The third-order valence-electron chi connectivity index (χ3n) is 4.64. The average Bonchev–Trinajstić information content (AvgIpc) is 3.21. The summed E-state index contributed by atoms with van der Waals surface area (Å²) in [6.45, 7) is 2.19. The first-order valence-corrected chi connectivity index (χ1v) is 9.71. The number of hydrogen-bond acceptors (Lipinski definition) is 4. The van der Waals surface area contributed by atoms with Gasteiger partial charge in [0.25, 0.3) is 11.8 Å². The van der Waals surface area contributed by atoms with E-state index in [1.807, 2.05) is 19.1 Å². The second kappa shape index (κ2) is 9.78. The van der Waals surface area contributed by atoms with Gasteiger partial charge in [0.2, 0.25) is 0 Å². The van der Waals surface area contributed by atoms with Gasteiger partial charge in [-0.15, -0.1) is 0 Å². The minimum absolute atomic E-state index is 0.162.